The molecule has 0 bridgehead atoms. The van der Waals surface area contributed by atoms with Gasteiger partial charge in [-0.15, -0.1) is 0 Å². The number of nitriles is 1. The maximum absolute atomic E-state index is 13.9. The van der Waals surface area contributed by atoms with Gasteiger partial charge in [0, 0.05) is 6.42 Å². The smallest absolute Gasteiger partial charge is 0.388 e. The molecule has 0 spiro atoms. The van der Waals surface area contributed by atoms with Crippen molar-refractivity contribution in [1.82, 2.24) is 0 Å². The second-order valence-corrected chi connectivity index (χ2v) is 7.10. The van der Waals surface area contributed by atoms with E-state index >= 15 is 0 Å². The highest BCUT2D eigenvalue weighted by Gasteiger charge is 2.95. The van der Waals surface area contributed by atoms with Gasteiger partial charge in [-0.05, 0) is 17.7 Å². The predicted molar refractivity (Wildman–Crippen MR) is 81.4 cm³/mol. The number of halogens is 17. The molecule has 0 saturated carbocycles. The molecule has 1 aromatic carbocycles. The molecular weight excluding hydrogens is 557 g/mol. The predicted octanol–water partition coefficient (Wildman–Crippen LogP) is 6.99. The van der Waals surface area contributed by atoms with E-state index in [1.165, 1.54) is 6.07 Å². The van der Waals surface area contributed by atoms with Crippen molar-refractivity contribution in [2.75, 3.05) is 0 Å². The zero-order valence-electron chi connectivity index (χ0n) is 16.4. The van der Waals surface area contributed by atoms with Gasteiger partial charge in [0.2, 0.25) is 0 Å². The van der Waals surface area contributed by atoms with Crippen molar-refractivity contribution in [3.05, 3.63) is 35.4 Å². The van der Waals surface area contributed by atoms with Crippen LogP contribution in [0.3, 0.4) is 0 Å². The van der Waals surface area contributed by atoms with E-state index in [2.05, 4.69) is 0 Å². The van der Waals surface area contributed by atoms with Gasteiger partial charge in [0.25, 0.3) is 0 Å². The third kappa shape index (κ3) is 4.41. The SMILES string of the molecule is N#Cc1ccc(C(O)CC(F)(F)C(F)(F)C(F)(F)C(F)(F)C(F)(F)C(F)(F)C(F)(F)C(F)(F)F)cc1. The van der Waals surface area contributed by atoms with Gasteiger partial charge in [0.15, 0.2) is 0 Å². The van der Waals surface area contributed by atoms with Crippen LogP contribution in [-0.4, -0.2) is 52.7 Å². The lowest BCUT2D eigenvalue weighted by Crippen LogP contribution is -2.74. The number of benzene rings is 1. The van der Waals surface area contributed by atoms with Gasteiger partial charge < -0.3 is 5.11 Å². The summed E-state index contributed by atoms with van der Waals surface area (Å²) < 4.78 is 225. The molecule has 2 nitrogen and oxygen atoms in total. The first-order valence-electron chi connectivity index (χ1n) is 8.57. The summed E-state index contributed by atoms with van der Waals surface area (Å²) in [6.45, 7) is 0. The van der Waals surface area contributed by atoms with E-state index in [0.29, 0.717) is 12.1 Å². The molecule has 1 atom stereocenters. The molecule has 19 heteroatoms. The minimum Gasteiger partial charge on any atom is -0.388 e. The molecule has 0 aliphatic carbocycles. The van der Waals surface area contributed by atoms with E-state index in [-0.39, 0.29) is 5.56 Å². The molecule has 36 heavy (non-hydrogen) atoms. The van der Waals surface area contributed by atoms with E-state index < -0.39 is 65.7 Å². The zero-order chi connectivity index (χ0) is 29.0. The second kappa shape index (κ2) is 8.80. The molecular formula is C17H8F17NO. The average molecular weight is 565 g/mol. The normalized spacial score (nSPS) is 16.0. The Bertz CT molecular complexity index is 974. The lowest BCUT2D eigenvalue weighted by atomic mass is 9.87. The van der Waals surface area contributed by atoms with Crippen LogP contribution in [0.2, 0.25) is 0 Å². The molecule has 0 fully saturated rings. The number of hydrogen-bond donors (Lipinski definition) is 1. The molecule has 0 saturated heterocycles. The summed E-state index contributed by atoms with van der Waals surface area (Å²) in [5, 5.41) is 18.0. The third-order valence-electron chi connectivity index (χ3n) is 4.66. The van der Waals surface area contributed by atoms with Crippen molar-refractivity contribution < 1.29 is 79.7 Å². The van der Waals surface area contributed by atoms with Gasteiger partial charge in [0.1, 0.15) is 0 Å². The van der Waals surface area contributed by atoms with Crippen molar-refractivity contribution in [3.8, 4) is 6.07 Å². The largest absolute Gasteiger partial charge is 0.460 e. The molecule has 0 radical (unpaired) electrons. The van der Waals surface area contributed by atoms with Crippen LogP contribution in [0.5, 0.6) is 0 Å². The molecule has 1 rings (SSSR count). The van der Waals surface area contributed by atoms with Crippen LogP contribution in [0.4, 0.5) is 74.6 Å². The molecule has 0 aromatic heterocycles. The maximum Gasteiger partial charge on any atom is 0.460 e. The summed E-state index contributed by atoms with van der Waals surface area (Å²) in [7, 11) is 0. The first-order valence-corrected chi connectivity index (χ1v) is 8.57. The van der Waals surface area contributed by atoms with Crippen molar-refractivity contribution in [2.24, 2.45) is 0 Å². The Morgan fingerprint density at radius 2 is 0.917 bits per heavy atom. The van der Waals surface area contributed by atoms with Crippen LogP contribution < -0.4 is 0 Å². The fraction of sp³-hybridized carbons (Fsp3) is 0.588. The Kier molecular flexibility index (Phi) is 7.70. The van der Waals surface area contributed by atoms with Crippen LogP contribution in [0, 0.1) is 11.3 Å². The van der Waals surface area contributed by atoms with E-state index in [1.807, 2.05) is 0 Å². The van der Waals surface area contributed by atoms with Crippen molar-refractivity contribution in [2.45, 2.75) is 60.2 Å². The van der Waals surface area contributed by atoms with Crippen molar-refractivity contribution in [1.29, 1.82) is 5.26 Å². The fourth-order valence-electron chi connectivity index (χ4n) is 2.47. The molecule has 0 aliphatic heterocycles. The lowest BCUT2D eigenvalue weighted by Gasteiger charge is -2.43. The number of nitrogens with zero attached hydrogens (tertiary/aromatic N) is 1. The Hall–Kier alpha value is -2.52. The van der Waals surface area contributed by atoms with Gasteiger partial charge in [-0.3, -0.25) is 0 Å². The number of alkyl halides is 17. The van der Waals surface area contributed by atoms with Crippen molar-refractivity contribution >= 4 is 0 Å². The highest BCUT2D eigenvalue weighted by atomic mass is 19.4. The van der Waals surface area contributed by atoms with Gasteiger partial charge in [-0.2, -0.15) is 79.9 Å². The Labute approximate surface area is 187 Å². The minimum absolute atomic E-state index is 0.229. The Morgan fingerprint density at radius 1 is 0.583 bits per heavy atom. The van der Waals surface area contributed by atoms with Crippen LogP contribution >= 0.6 is 0 Å². The van der Waals surface area contributed by atoms with Gasteiger partial charge in [-0.25, -0.2) is 0 Å². The first-order chi connectivity index (χ1) is 15.7. The van der Waals surface area contributed by atoms with Crippen LogP contribution in [0.25, 0.3) is 0 Å². The van der Waals surface area contributed by atoms with Gasteiger partial charge >= 0.3 is 47.6 Å². The third-order valence-corrected chi connectivity index (χ3v) is 4.66. The van der Waals surface area contributed by atoms with E-state index in [4.69, 9.17) is 5.26 Å². The van der Waals surface area contributed by atoms with E-state index in [9.17, 15) is 79.7 Å². The fourth-order valence-corrected chi connectivity index (χ4v) is 2.47. The van der Waals surface area contributed by atoms with Gasteiger partial charge in [-0.1, -0.05) is 12.1 Å². The highest BCUT2D eigenvalue weighted by molar-refractivity contribution is 5.32. The standard InChI is InChI=1S/C17H8F17NO/c18-10(19,5-9(36)8-3-1-7(6-35)2-4-8)11(20,21)12(22,23)13(24,25)14(26,27)15(28,29)16(30,31)17(32,33)34/h1-4,9,36H,5H2. The maximum atomic E-state index is 13.9. The van der Waals surface area contributed by atoms with E-state index in [0.717, 1.165) is 12.1 Å². The quantitative estimate of drug-likeness (QED) is 0.328. The molecule has 206 valence electrons. The minimum atomic E-state index is -8.70. The molecule has 0 heterocycles. The van der Waals surface area contributed by atoms with Crippen LogP contribution in [-0.2, 0) is 0 Å². The summed E-state index contributed by atoms with van der Waals surface area (Å²) in [4.78, 5) is 0. The Morgan fingerprint density at radius 3 is 1.25 bits per heavy atom. The first kappa shape index (κ1) is 31.5. The number of rotatable bonds is 9. The summed E-state index contributed by atoms with van der Waals surface area (Å²) in [6.07, 6.45) is -13.8. The zero-order valence-corrected chi connectivity index (χ0v) is 16.4. The van der Waals surface area contributed by atoms with Gasteiger partial charge in [0.05, 0.1) is 17.7 Å². The summed E-state index contributed by atoms with van der Waals surface area (Å²) in [5.41, 5.74) is -1.09. The second-order valence-electron chi connectivity index (χ2n) is 7.10. The van der Waals surface area contributed by atoms with Crippen LogP contribution in [0.15, 0.2) is 24.3 Å². The number of hydrogen-bond acceptors (Lipinski definition) is 2. The molecule has 1 N–H and O–H groups in total. The Balaban J connectivity index is 3.51. The van der Waals surface area contributed by atoms with Crippen LogP contribution in [0.1, 0.15) is 23.7 Å². The number of aliphatic hydroxyl groups is 1. The van der Waals surface area contributed by atoms with E-state index in [1.54, 1.807) is 0 Å². The molecule has 1 unspecified atom stereocenters. The lowest BCUT2D eigenvalue weighted by molar-refractivity contribution is -0.462. The topological polar surface area (TPSA) is 44.0 Å². The molecule has 0 aliphatic rings. The number of aliphatic hydroxyl groups excluding tert-OH is 1. The average Bonchev–Trinajstić information content (AvgIpc) is 2.71. The molecule has 0 amide bonds. The summed E-state index contributed by atoms with van der Waals surface area (Å²) in [5.74, 6) is -57.1. The summed E-state index contributed by atoms with van der Waals surface area (Å²) in [6, 6.07) is 4.10. The monoisotopic (exact) mass is 565 g/mol. The summed E-state index contributed by atoms with van der Waals surface area (Å²) >= 11 is 0. The van der Waals surface area contributed by atoms with Crippen molar-refractivity contribution in [3.63, 3.8) is 0 Å². The molecule has 1 aromatic rings. The highest BCUT2D eigenvalue weighted by Crippen LogP contribution is 2.64.